The van der Waals surface area contributed by atoms with E-state index in [4.69, 9.17) is 4.74 Å². The number of H-pyrrole nitrogens is 1. The van der Waals surface area contributed by atoms with Gasteiger partial charge in [0.25, 0.3) is 0 Å². The van der Waals surface area contributed by atoms with Gasteiger partial charge >= 0.3 is 5.97 Å². The Labute approximate surface area is 79.8 Å². The first kappa shape index (κ1) is 8.68. The summed E-state index contributed by atoms with van der Waals surface area (Å²) < 4.78 is 4.85. The first-order valence-corrected chi connectivity index (χ1v) is 4.11. The molecule has 0 aromatic carbocycles. The number of nitrogens with one attached hydrogen (secondary N) is 1. The lowest BCUT2D eigenvalue weighted by Crippen LogP contribution is -2.27. The van der Waals surface area contributed by atoms with Gasteiger partial charge in [-0.2, -0.15) is 5.10 Å². The number of aromatic nitrogens is 2. The first-order chi connectivity index (χ1) is 6.68. The van der Waals surface area contributed by atoms with Crippen molar-refractivity contribution >= 4 is 11.8 Å². The molecule has 0 spiro atoms. The lowest BCUT2D eigenvalue weighted by Gasteiger charge is -2.16. The van der Waals surface area contributed by atoms with Crippen LogP contribution in [-0.2, 0) is 14.3 Å². The summed E-state index contributed by atoms with van der Waals surface area (Å²) in [5.41, 5.74) is 0.462. The Bertz CT molecular complexity index is 406. The molecule has 0 amide bonds. The third-order valence-corrected chi connectivity index (χ3v) is 1.96. The summed E-state index contributed by atoms with van der Waals surface area (Å²) in [6.45, 7) is 1.57. The number of ether oxygens (including phenoxy) is 1. The van der Waals surface area contributed by atoms with E-state index in [1.54, 1.807) is 13.0 Å². The van der Waals surface area contributed by atoms with Crippen molar-refractivity contribution < 1.29 is 14.3 Å². The van der Waals surface area contributed by atoms with Crippen molar-refractivity contribution in [2.45, 2.75) is 12.8 Å². The van der Waals surface area contributed by atoms with E-state index in [0.29, 0.717) is 11.5 Å². The van der Waals surface area contributed by atoms with E-state index in [1.807, 2.05) is 0 Å². The van der Waals surface area contributed by atoms with Crippen molar-refractivity contribution in [3.8, 4) is 0 Å². The summed E-state index contributed by atoms with van der Waals surface area (Å²) in [6, 6.07) is 1.58. The van der Waals surface area contributed by atoms with Gasteiger partial charge in [0.05, 0.1) is 5.69 Å². The topological polar surface area (TPSA) is 72.0 Å². The van der Waals surface area contributed by atoms with E-state index in [9.17, 15) is 9.59 Å². The highest BCUT2D eigenvalue weighted by molar-refractivity contribution is 6.11. The van der Waals surface area contributed by atoms with Gasteiger partial charge in [-0.15, -0.1) is 0 Å². The minimum Gasteiger partial charge on any atom is -0.430 e. The quantitative estimate of drug-likeness (QED) is 0.520. The molecule has 2 heterocycles. The van der Waals surface area contributed by atoms with Gasteiger partial charge < -0.3 is 4.74 Å². The molecule has 0 radical (unpaired) electrons. The summed E-state index contributed by atoms with van der Waals surface area (Å²) in [7, 11) is 0. The number of esters is 1. The molecule has 5 heteroatoms. The van der Waals surface area contributed by atoms with E-state index in [0.717, 1.165) is 0 Å². The summed E-state index contributed by atoms with van der Waals surface area (Å²) >= 11 is 0. The highest BCUT2D eigenvalue weighted by atomic mass is 16.5. The standard InChI is InChI=1S/C9H8N2O3/c1-5-4-7(12)8(9(13)14-5)6-2-3-10-11-6/h2-4,8H,1H3,(H,10,11)/t8-/m1/s1. The molecule has 1 aliphatic rings. The zero-order chi connectivity index (χ0) is 10.1. The van der Waals surface area contributed by atoms with Crippen molar-refractivity contribution in [3.05, 3.63) is 29.8 Å². The minimum atomic E-state index is -0.888. The van der Waals surface area contributed by atoms with Gasteiger partial charge in [-0.1, -0.05) is 0 Å². The molecule has 1 atom stereocenters. The minimum absolute atomic E-state index is 0.275. The van der Waals surface area contributed by atoms with Gasteiger partial charge in [-0.3, -0.25) is 14.7 Å². The Hall–Kier alpha value is -1.91. The maximum Gasteiger partial charge on any atom is 0.328 e. The second-order valence-corrected chi connectivity index (χ2v) is 3.02. The molecule has 2 rings (SSSR count). The molecule has 1 aromatic heterocycles. The van der Waals surface area contributed by atoms with Gasteiger partial charge in [0, 0.05) is 12.3 Å². The first-order valence-electron chi connectivity index (χ1n) is 4.11. The van der Waals surface area contributed by atoms with Crippen LogP contribution in [0.5, 0.6) is 0 Å². The number of allylic oxidation sites excluding steroid dienone is 2. The molecular weight excluding hydrogens is 184 g/mol. The number of nitrogens with zero attached hydrogens (tertiary/aromatic N) is 1. The number of cyclic esters (lactones) is 1. The van der Waals surface area contributed by atoms with Gasteiger partial charge in [-0.25, -0.2) is 0 Å². The van der Waals surface area contributed by atoms with Crippen LogP contribution in [-0.4, -0.2) is 21.9 Å². The molecule has 72 valence electrons. The normalized spacial score (nSPS) is 21.8. The number of hydrogen-bond donors (Lipinski definition) is 1. The van der Waals surface area contributed by atoms with Crippen LogP contribution in [0.25, 0.3) is 0 Å². The second kappa shape index (κ2) is 3.10. The third kappa shape index (κ3) is 1.32. The lowest BCUT2D eigenvalue weighted by molar-refractivity contribution is -0.145. The summed E-state index contributed by atoms with van der Waals surface area (Å²) in [6.07, 6.45) is 2.80. The predicted molar refractivity (Wildman–Crippen MR) is 46.2 cm³/mol. The molecule has 0 unspecified atom stereocenters. The Morgan fingerprint density at radius 1 is 1.50 bits per heavy atom. The number of rotatable bonds is 1. The average molecular weight is 192 g/mol. The molecule has 0 saturated heterocycles. The SMILES string of the molecule is CC1=CC(=O)[C@@H](c2ccn[nH]2)C(=O)O1. The van der Waals surface area contributed by atoms with Crippen LogP contribution in [0, 0.1) is 0 Å². The van der Waals surface area contributed by atoms with Gasteiger partial charge in [-0.05, 0) is 13.0 Å². The zero-order valence-corrected chi connectivity index (χ0v) is 7.48. The monoisotopic (exact) mass is 192 g/mol. The van der Waals surface area contributed by atoms with E-state index in [-0.39, 0.29) is 5.78 Å². The Morgan fingerprint density at radius 2 is 2.29 bits per heavy atom. The molecule has 0 saturated carbocycles. The molecule has 0 bridgehead atoms. The van der Waals surface area contributed by atoms with Crippen LogP contribution in [0.3, 0.4) is 0 Å². The fraction of sp³-hybridized carbons (Fsp3) is 0.222. The maximum atomic E-state index is 11.5. The lowest BCUT2D eigenvalue weighted by atomic mass is 9.98. The number of ketones is 1. The highest BCUT2D eigenvalue weighted by Crippen LogP contribution is 2.22. The van der Waals surface area contributed by atoms with Crippen molar-refractivity contribution in [2.75, 3.05) is 0 Å². The fourth-order valence-electron chi connectivity index (χ4n) is 1.35. The van der Waals surface area contributed by atoms with Gasteiger partial charge in [0.1, 0.15) is 5.76 Å². The third-order valence-electron chi connectivity index (χ3n) is 1.96. The van der Waals surface area contributed by atoms with Crippen molar-refractivity contribution in [2.24, 2.45) is 0 Å². The van der Waals surface area contributed by atoms with Crippen LogP contribution >= 0.6 is 0 Å². The predicted octanol–water partition coefficient (Wildman–Crippen LogP) is 0.523. The Balaban J connectivity index is 2.37. The molecular formula is C9H8N2O3. The molecule has 5 nitrogen and oxygen atoms in total. The fourth-order valence-corrected chi connectivity index (χ4v) is 1.35. The van der Waals surface area contributed by atoms with Crippen LogP contribution in [0.4, 0.5) is 0 Å². The van der Waals surface area contributed by atoms with Crippen LogP contribution < -0.4 is 0 Å². The smallest absolute Gasteiger partial charge is 0.328 e. The molecule has 0 aliphatic carbocycles. The average Bonchev–Trinajstić information content (AvgIpc) is 2.54. The van der Waals surface area contributed by atoms with E-state index in [1.165, 1.54) is 12.3 Å². The number of carbonyl (C=O) groups excluding carboxylic acids is 2. The van der Waals surface area contributed by atoms with Crippen molar-refractivity contribution in [1.29, 1.82) is 0 Å². The second-order valence-electron chi connectivity index (χ2n) is 3.02. The molecule has 1 N–H and O–H groups in total. The Morgan fingerprint density at radius 3 is 2.86 bits per heavy atom. The largest absolute Gasteiger partial charge is 0.430 e. The van der Waals surface area contributed by atoms with E-state index in [2.05, 4.69) is 10.2 Å². The Kier molecular flexibility index (Phi) is 1.92. The number of aromatic amines is 1. The van der Waals surface area contributed by atoms with Crippen molar-refractivity contribution in [1.82, 2.24) is 10.2 Å². The van der Waals surface area contributed by atoms with Gasteiger partial charge in [0.15, 0.2) is 11.7 Å². The molecule has 1 aliphatic heterocycles. The number of carbonyl (C=O) groups is 2. The van der Waals surface area contributed by atoms with E-state index < -0.39 is 11.9 Å². The maximum absolute atomic E-state index is 11.5. The van der Waals surface area contributed by atoms with Gasteiger partial charge in [0.2, 0.25) is 0 Å². The summed E-state index contributed by atoms with van der Waals surface area (Å²) in [5.74, 6) is -1.39. The van der Waals surface area contributed by atoms with Crippen LogP contribution in [0.2, 0.25) is 0 Å². The summed E-state index contributed by atoms with van der Waals surface area (Å²) in [4.78, 5) is 22.9. The molecule has 14 heavy (non-hydrogen) atoms. The molecule has 0 fully saturated rings. The number of hydrogen-bond acceptors (Lipinski definition) is 4. The van der Waals surface area contributed by atoms with E-state index >= 15 is 0 Å². The van der Waals surface area contributed by atoms with Crippen LogP contribution in [0.15, 0.2) is 24.1 Å². The zero-order valence-electron chi connectivity index (χ0n) is 7.48. The highest BCUT2D eigenvalue weighted by Gasteiger charge is 2.33. The summed E-state index contributed by atoms with van der Waals surface area (Å²) in [5, 5.41) is 6.26. The van der Waals surface area contributed by atoms with Crippen LogP contribution in [0.1, 0.15) is 18.5 Å². The molecule has 1 aromatic rings. The van der Waals surface area contributed by atoms with Crippen molar-refractivity contribution in [3.63, 3.8) is 0 Å².